The molecule has 7 nitrogen and oxygen atoms in total. The number of likely N-dealkylation sites (N-methyl/N-ethyl adjacent to an activating group) is 1. The molecule has 0 aromatic heterocycles. The number of hydrogen-bond acceptors (Lipinski definition) is 5. The number of fused-ring (bicyclic) bond motifs is 1. The average Bonchev–Trinajstić information content (AvgIpc) is 2.71. The van der Waals surface area contributed by atoms with Crippen molar-refractivity contribution in [1.82, 2.24) is 9.73 Å². The van der Waals surface area contributed by atoms with Gasteiger partial charge in [0.15, 0.2) is 0 Å². The first-order valence-electron chi connectivity index (χ1n) is 9.37. The van der Waals surface area contributed by atoms with Gasteiger partial charge in [-0.25, -0.2) is 13.8 Å². The molecule has 0 atom stereocenters. The number of nitrogens with one attached hydrogen (secondary N) is 1. The van der Waals surface area contributed by atoms with Crippen LogP contribution in [0.5, 0.6) is 5.75 Å². The summed E-state index contributed by atoms with van der Waals surface area (Å²) in [5, 5.41) is 4.25. The number of rotatable bonds is 6. The van der Waals surface area contributed by atoms with Crippen LogP contribution in [-0.4, -0.2) is 45.0 Å². The van der Waals surface area contributed by atoms with Crippen molar-refractivity contribution in [3.8, 4) is 5.75 Å². The van der Waals surface area contributed by atoms with Crippen molar-refractivity contribution < 1.29 is 17.9 Å². The molecular formula is C21H25N3O4S. The number of carbonyl (C=O) groups excluding carboxylic acids is 1. The first-order chi connectivity index (χ1) is 13.8. The van der Waals surface area contributed by atoms with E-state index in [1.54, 1.807) is 19.2 Å². The van der Waals surface area contributed by atoms with Crippen molar-refractivity contribution in [2.45, 2.75) is 31.1 Å². The number of sulfonamides is 1. The van der Waals surface area contributed by atoms with Crippen molar-refractivity contribution in [3.63, 3.8) is 0 Å². The Morgan fingerprint density at radius 3 is 2.59 bits per heavy atom. The topological polar surface area (TPSA) is 88.1 Å². The number of benzene rings is 2. The Morgan fingerprint density at radius 2 is 1.90 bits per heavy atom. The Balaban J connectivity index is 1.68. The van der Waals surface area contributed by atoms with Crippen molar-refractivity contribution >= 4 is 21.6 Å². The summed E-state index contributed by atoms with van der Waals surface area (Å²) in [4.78, 5) is 12.4. The summed E-state index contributed by atoms with van der Waals surface area (Å²) in [7, 11) is -0.735. The smallest absolute Gasteiger partial charge is 0.255 e. The standard InChI is InChI=1S/C21H25N3O4S/c1-15-7-10-18(11-8-15)29(26,27)24(2)14-21(25)23-22-20-6-4-5-16-13-17(28-3)9-12-19(16)20/h7-13H,4-6,14H2,1-3H3,(H,23,25). The zero-order valence-electron chi connectivity index (χ0n) is 16.8. The van der Waals surface area contributed by atoms with Gasteiger partial charge in [0.25, 0.3) is 5.91 Å². The molecule has 0 saturated carbocycles. The molecule has 3 rings (SSSR count). The Kier molecular flexibility index (Phi) is 6.34. The van der Waals surface area contributed by atoms with Crippen molar-refractivity contribution in [2.75, 3.05) is 20.7 Å². The van der Waals surface area contributed by atoms with Crippen LogP contribution in [0.2, 0.25) is 0 Å². The molecule has 1 N–H and O–H groups in total. The minimum Gasteiger partial charge on any atom is -0.497 e. The van der Waals surface area contributed by atoms with E-state index in [1.807, 2.05) is 25.1 Å². The minimum atomic E-state index is -3.74. The van der Waals surface area contributed by atoms with E-state index < -0.39 is 15.9 Å². The Labute approximate surface area is 171 Å². The number of hydrazone groups is 1. The van der Waals surface area contributed by atoms with Gasteiger partial charge in [-0.2, -0.15) is 9.41 Å². The molecule has 29 heavy (non-hydrogen) atoms. The fourth-order valence-electron chi connectivity index (χ4n) is 3.23. The highest BCUT2D eigenvalue weighted by Crippen LogP contribution is 2.25. The maximum Gasteiger partial charge on any atom is 0.255 e. The summed E-state index contributed by atoms with van der Waals surface area (Å²) in [6, 6.07) is 12.3. The molecule has 1 aliphatic carbocycles. The zero-order chi connectivity index (χ0) is 21.0. The largest absolute Gasteiger partial charge is 0.497 e. The van der Waals surface area contributed by atoms with E-state index in [9.17, 15) is 13.2 Å². The lowest BCUT2D eigenvalue weighted by atomic mass is 9.90. The van der Waals surface area contributed by atoms with Crippen LogP contribution in [-0.2, 0) is 21.2 Å². The molecule has 0 radical (unpaired) electrons. The lowest BCUT2D eigenvalue weighted by molar-refractivity contribution is -0.121. The molecule has 0 bridgehead atoms. The van der Waals surface area contributed by atoms with Crippen molar-refractivity contribution in [1.29, 1.82) is 0 Å². The van der Waals surface area contributed by atoms with Crippen LogP contribution in [0.4, 0.5) is 0 Å². The van der Waals surface area contributed by atoms with Crippen molar-refractivity contribution in [2.24, 2.45) is 5.10 Å². The summed E-state index contributed by atoms with van der Waals surface area (Å²) >= 11 is 0. The Bertz CT molecular complexity index is 1030. The molecule has 0 spiro atoms. The summed E-state index contributed by atoms with van der Waals surface area (Å²) in [5.41, 5.74) is 6.36. The SMILES string of the molecule is COc1ccc2c(c1)CCCC2=NNC(=O)CN(C)S(=O)(=O)c1ccc(C)cc1. The fourth-order valence-corrected chi connectivity index (χ4v) is 4.35. The quantitative estimate of drug-likeness (QED) is 0.734. The van der Waals surface area contributed by atoms with E-state index in [4.69, 9.17) is 4.74 Å². The van der Waals surface area contributed by atoms with Gasteiger partial charge in [-0.15, -0.1) is 0 Å². The molecule has 0 unspecified atom stereocenters. The highest BCUT2D eigenvalue weighted by atomic mass is 32.2. The molecule has 1 amide bonds. The molecule has 2 aromatic carbocycles. The van der Waals surface area contributed by atoms with Crippen LogP contribution >= 0.6 is 0 Å². The van der Waals surface area contributed by atoms with E-state index in [-0.39, 0.29) is 11.4 Å². The number of amides is 1. The van der Waals surface area contributed by atoms with Gasteiger partial charge in [0.2, 0.25) is 10.0 Å². The van der Waals surface area contributed by atoms with Crippen LogP contribution in [0.3, 0.4) is 0 Å². The van der Waals surface area contributed by atoms with Gasteiger partial charge in [0.05, 0.1) is 24.3 Å². The Hall–Kier alpha value is -2.71. The van der Waals surface area contributed by atoms with Gasteiger partial charge in [0, 0.05) is 12.6 Å². The molecular weight excluding hydrogens is 390 g/mol. The number of methoxy groups -OCH3 is 1. The van der Waals surface area contributed by atoms with E-state index in [1.165, 1.54) is 19.2 Å². The molecule has 154 valence electrons. The second kappa shape index (κ2) is 8.75. The number of carbonyl (C=O) groups is 1. The van der Waals surface area contributed by atoms with E-state index >= 15 is 0 Å². The second-order valence-electron chi connectivity index (χ2n) is 7.04. The summed E-state index contributed by atoms with van der Waals surface area (Å²) in [6.07, 6.45) is 2.60. The number of ether oxygens (including phenoxy) is 1. The number of hydrogen-bond donors (Lipinski definition) is 1. The summed E-state index contributed by atoms with van der Waals surface area (Å²) in [6.45, 7) is 1.56. The summed E-state index contributed by atoms with van der Waals surface area (Å²) < 4.78 is 31.5. The fraction of sp³-hybridized carbons (Fsp3) is 0.333. The highest BCUT2D eigenvalue weighted by molar-refractivity contribution is 7.89. The predicted octanol–water partition coefficient (Wildman–Crippen LogP) is 2.48. The third kappa shape index (κ3) is 4.83. The lowest BCUT2D eigenvalue weighted by Gasteiger charge is -2.19. The van der Waals surface area contributed by atoms with E-state index in [0.717, 1.165) is 51.7 Å². The highest BCUT2D eigenvalue weighted by Gasteiger charge is 2.23. The van der Waals surface area contributed by atoms with Crippen LogP contribution in [0, 0.1) is 6.92 Å². The third-order valence-corrected chi connectivity index (χ3v) is 6.71. The van der Waals surface area contributed by atoms with Gasteiger partial charge < -0.3 is 4.74 Å². The second-order valence-corrected chi connectivity index (χ2v) is 9.09. The van der Waals surface area contributed by atoms with Crippen molar-refractivity contribution in [3.05, 3.63) is 59.2 Å². The van der Waals surface area contributed by atoms with Crippen LogP contribution in [0.25, 0.3) is 0 Å². The van der Waals surface area contributed by atoms with E-state index in [0.29, 0.717) is 0 Å². The first-order valence-corrected chi connectivity index (χ1v) is 10.8. The third-order valence-electron chi connectivity index (χ3n) is 4.89. The molecule has 0 heterocycles. The first kappa shape index (κ1) is 21.0. The van der Waals surface area contributed by atoms with Crippen LogP contribution < -0.4 is 10.2 Å². The van der Waals surface area contributed by atoms with E-state index in [2.05, 4.69) is 10.5 Å². The van der Waals surface area contributed by atoms with Gasteiger partial charge in [-0.1, -0.05) is 17.7 Å². The van der Waals surface area contributed by atoms with Crippen LogP contribution in [0.1, 0.15) is 29.5 Å². The van der Waals surface area contributed by atoms with Gasteiger partial charge in [-0.3, -0.25) is 4.79 Å². The Morgan fingerprint density at radius 1 is 1.17 bits per heavy atom. The van der Waals surface area contributed by atoms with Gasteiger partial charge in [-0.05, 0) is 62.1 Å². The molecule has 0 aliphatic heterocycles. The molecule has 2 aromatic rings. The predicted molar refractivity (Wildman–Crippen MR) is 112 cm³/mol. The average molecular weight is 416 g/mol. The maximum absolute atomic E-state index is 12.6. The maximum atomic E-state index is 12.6. The van der Waals surface area contributed by atoms with Crippen LogP contribution in [0.15, 0.2) is 52.5 Å². The normalized spacial score (nSPS) is 15.2. The van der Waals surface area contributed by atoms with Gasteiger partial charge in [0.1, 0.15) is 5.75 Å². The molecule has 1 aliphatic rings. The monoisotopic (exact) mass is 415 g/mol. The molecule has 8 heteroatoms. The molecule has 0 fully saturated rings. The molecule has 0 saturated heterocycles. The van der Waals surface area contributed by atoms with Gasteiger partial charge >= 0.3 is 0 Å². The zero-order valence-corrected chi connectivity index (χ0v) is 17.6. The number of nitrogens with zero attached hydrogens (tertiary/aromatic N) is 2. The lowest BCUT2D eigenvalue weighted by Crippen LogP contribution is -2.37. The summed E-state index contributed by atoms with van der Waals surface area (Å²) in [5.74, 6) is 0.299. The number of aryl methyl sites for hydroxylation is 2. The minimum absolute atomic E-state index is 0.153.